The van der Waals surface area contributed by atoms with Crippen LogP contribution in [-0.4, -0.2) is 31.5 Å². The zero-order valence-corrected chi connectivity index (χ0v) is 20.7. The molecule has 0 unspecified atom stereocenters. The molecule has 0 saturated heterocycles. The van der Waals surface area contributed by atoms with Gasteiger partial charge >= 0.3 is 0 Å². The van der Waals surface area contributed by atoms with Gasteiger partial charge in [0.15, 0.2) is 0 Å². The Bertz CT molecular complexity index is 1550. The highest BCUT2D eigenvalue weighted by Crippen LogP contribution is 2.31. The number of rotatable bonds is 7. The van der Waals surface area contributed by atoms with Gasteiger partial charge in [0.05, 0.1) is 23.3 Å². The van der Waals surface area contributed by atoms with Crippen molar-refractivity contribution in [3.05, 3.63) is 99.5 Å². The van der Waals surface area contributed by atoms with Crippen LogP contribution in [0.4, 0.5) is 11.4 Å². The summed E-state index contributed by atoms with van der Waals surface area (Å²) in [6.45, 7) is 5.69. The van der Waals surface area contributed by atoms with Gasteiger partial charge in [-0.05, 0) is 57.2 Å². The van der Waals surface area contributed by atoms with Crippen molar-refractivity contribution in [2.45, 2.75) is 25.7 Å². The van der Waals surface area contributed by atoms with Crippen molar-refractivity contribution < 1.29 is 13.2 Å². The Balaban J connectivity index is 1.62. The summed E-state index contributed by atoms with van der Waals surface area (Å²) in [7, 11) is -2.39. The third-order valence-corrected chi connectivity index (χ3v) is 6.89. The molecule has 0 spiro atoms. The Morgan fingerprint density at radius 1 is 0.943 bits per heavy atom. The number of methoxy groups -OCH3 is 1. The summed E-state index contributed by atoms with van der Waals surface area (Å²) in [6, 6.07) is 19.0. The average Bonchev–Trinajstić information content (AvgIpc) is 3.12. The van der Waals surface area contributed by atoms with E-state index in [1.165, 1.54) is 30.1 Å². The molecule has 9 heteroatoms. The van der Waals surface area contributed by atoms with E-state index >= 15 is 0 Å². The fraction of sp³-hybridized carbons (Fsp3) is 0.154. The lowest BCUT2D eigenvalue weighted by Crippen LogP contribution is -2.17. The number of nitrogens with zero attached hydrogens (tertiary/aromatic N) is 2. The third-order valence-electron chi connectivity index (χ3n) is 5.51. The molecule has 0 saturated carbocycles. The minimum atomic E-state index is -3.83. The smallest absolute Gasteiger partial charge is 0.280 e. The zero-order chi connectivity index (χ0) is 25.2. The second-order valence-corrected chi connectivity index (χ2v) is 9.87. The van der Waals surface area contributed by atoms with Crippen molar-refractivity contribution in [3.63, 3.8) is 0 Å². The van der Waals surface area contributed by atoms with E-state index in [1.54, 1.807) is 25.1 Å². The van der Waals surface area contributed by atoms with Gasteiger partial charge in [-0.15, -0.1) is 0 Å². The quantitative estimate of drug-likeness (QED) is 0.368. The number of hydrogen-bond acceptors (Lipinski definition) is 5. The lowest BCUT2D eigenvalue weighted by molar-refractivity contribution is 0.415. The Labute approximate surface area is 204 Å². The molecule has 0 radical (unpaired) electrons. The van der Waals surface area contributed by atoms with Gasteiger partial charge in [0.2, 0.25) is 0 Å². The molecular formula is C26H26N4O4S. The highest BCUT2D eigenvalue weighted by atomic mass is 32.2. The fourth-order valence-corrected chi connectivity index (χ4v) is 4.56. The second kappa shape index (κ2) is 9.63. The molecule has 3 aromatic carbocycles. The maximum absolute atomic E-state index is 13.0. The first-order valence-electron chi connectivity index (χ1n) is 10.9. The number of anilines is 1. The topological polar surface area (TPSA) is 106 Å². The van der Waals surface area contributed by atoms with E-state index in [0.717, 1.165) is 16.8 Å². The van der Waals surface area contributed by atoms with E-state index in [2.05, 4.69) is 14.8 Å². The summed E-state index contributed by atoms with van der Waals surface area (Å²) in [5.74, 6) is 0.264. The molecule has 0 amide bonds. The number of aryl methyl sites for hydroxylation is 3. The number of ether oxygens (including phenoxy) is 1. The maximum atomic E-state index is 13.0. The monoisotopic (exact) mass is 490 g/mol. The standard InChI is InChI=1S/C26H26N4O4S/c1-17-5-9-20(10-6-17)29-35(32,33)22-13-14-24(25(15-22)34-4)27-16-23-19(3)28-30(26(23)31)21-11-7-18(2)8-12-21/h5-16,28-29H,1-4H3. The Hall–Kier alpha value is -4.11. The predicted octanol–water partition coefficient (Wildman–Crippen LogP) is 4.65. The number of aliphatic imine (C=N–C) groups is 1. The van der Waals surface area contributed by atoms with Crippen LogP contribution >= 0.6 is 0 Å². The molecule has 1 aromatic heterocycles. The molecule has 4 aromatic rings. The number of H-pyrrole nitrogens is 1. The summed E-state index contributed by atoms with van der Waals surface area (Å²) in [5, 5.41) is 3.06. The highest BCUT2D eigenvalue weighted by molar-refractivity contribution is 7.92. The molecular weight excluding hydrogens is 464 g/mol. The molecule has 4 rings (SSSR count). The third kappa shape index (κ3) is 5.20. The van der Waals surface area contributed by atoms with E-state index in [0.29, 0.717) is 22.6 Å². The Morgan fingerprint density at radius 2 is 1.57 bits per heavy atom. The Morgan fingerprint density at radius 3 is 2.20 bits per heavy atom. The van der Waals surface area contributed by atoms with Crippen LogP contribution in [0.2, 0.25) is 0 Å². The van der Waals surface area contributed by atoms with Crippen LogP contribution in [0.3, 0.4) is 0 Å². The lowest BCUT2D eigenvalue weighted by atomic mass is 10.2. The number of benzene rings is 3. The van der Waals surface area contributed by atoms with Crippen LogP contribution in [0.15, 0.2) is 81.4 Å². The first kappa shape index (κ1) is 24.0. The van der Waals surface area contributed by atoms with Gasteiger partial charge in [-0.3, -0.25) is 19.6 Å². The Kier molecular flexibility index (Phi) is 6.61. The van der Waals surface area contributed by atoms with Gasteiger partial charge in [0.25, 0.3) is 15.6 Å². The zero-order valence-electron chi connectivity index (χ0n) is 19.9. The van der Waals surface area contributed by atoms with Crippen molar-refractivity contribution in [2.75, 3.05) is 11.8 Å². The second-order valence-electron chi connectivity index (χ2n) is 8.19. The van der Waals surface area contributed by atoms with Gasteiger partial charge in [0, 0.05) is 23.7 Å². The number of hydrogen-bond donors (Lipinski definition) is 2. The molecule has 35 heavy (non-hydrogen) atoms. The molecule has 1 heterocycles. The van der Waals surface area contributed by atoms with Crippen LogP contribution in [0.25, 0.3) is 5.69 Å². The maximum Gasteiger partial charge on any atom is 0.280 e. The number of aromatic nitrogens is 2. The molecule has 180 valence electrons. The minimum absolute atomic E-state index is 0.0356. The van der Waals surface area contributed by atoms with E-state index in [-0.39, 0.29) is 16.2 Å². The van der Waals surface area contributed by atoms with Crippen LogP contribution in [0.5, 0.6) is 5.75 Å². The normalized spacial score (nSPS) is 11.7. The molecule has 0 aliphatic rings. The molecule has 0 aliphatic heterocycles. The number of sulfonamides is 1. The summed E-state index contributed by atoms with van der Waals surface area (Å²) < 4.78 is 35.1. The van der Waals surface area contributed by atoms with Gasteiger partial charge < -0.3 is 4.74 Å². The molecule has 0 atom stereocenters. The average molecular weight is 491 g/mol. The SMILES string of the molecule is COc1cc(S(=O)(=O)Nc2ccc(C)cc2)ccc1N=Cc1c(C)[nH]n(-c2ccc(C)cc2)c1=O. The van der Waals surface area contributed by atoms with Crippen molar-refractivity contribution in [2.24, 2.45) is 4.99 Å². The molecule has 2 N–H and O–H groups in total. The van der Waals surface area contributed by atoms with Crippen molar-refractivity contribution in [3.8, 4) is 11.4 Å². The van der Waals surface area contributed by atoms with Gasteiger partial charge in [-0.1, -0.05) is 35.4 Å². The molecule has 0 fully saturated rings. The van der Waals surface area contributed by atoms with Crippen molar-refractivity contribution >= 4 is 27.6 Å². The van der Waals surface area contributed by atoms with Crippen LogP contribution in [0.1, 0.15) is 22.4 Å². The van der Waals surface area contributed by atoms with Crippen molar-refractivity contribution in [1.82, 2.24) is 9.78 Å². The summed E-state index contributed by atoms with van der Waals surface area (Å²) in [5.41, 5.74) is 4.50. The minimum Gasteiger partial charge on any atom is -0.494 e. The van der Waals surface area contributed by atoms with E-state index in [4.69, 9.17) is 4.74 Å². The largest absolute Gasteiger partial charge is 0.494 e. The van der Waals surface area contributed by atoms with E-state index < -0.39 is 10.0 Å². The first-order chi connectivity index (χ1) is 16.7. The van der Waals surface area contributed by atoms with Crippen LogP contribution in [0, 0.1) is 20.8 Å². The molecule has 0 bridgehead atoms. The van der Waals surface area contributed by atoms with Crippen LogP contribution in [-0.2, 0) is 10.0 Å². The van der Waals surface area contributed by atoms with Gasteiger partial charge in [-0.25, -0.2) is 13.1 Å². The predicted molar refractivity (Wildman–Crippen MR) is 138 cm³/mol. The van der Waals surface area contributed by atoms with Crippen molar-refractivity contribution in [1.29, 1.82) is 0 Å². The highest BCUT2D eigenvalue weighted by Gasteiger charge is 2.17. The first-order valence-corrected chi connectivity index (χ1v) is 12.4. The number of aromatic amines is 1. The summed E-state index contributed by atoms with van der Waals surface area (Å²) in [4.78, 5) is 17.4. The van der Waals surface area contributed by atoms with Crippen LogP contribution < -0.4 is 15.0 Å². The fourth-order valence-electron chi connectivity index (χ4n) is 3.49. The van der Waals surface area contributed by atoms with Gasteiger partial charge in [-0.2, -0.15) is 0 Å². The van der Waals surface area contributed by atoms with E-state index in [9.17, 15) is 13.2 Å². The lowest BCUT2D eigenvalue weighted by Gasteiger charge is -2.11. The number of nitrogens with one attached hydrogen (secondary N) is 2. The summed E-state index contributed by atoms with van der Waals surface area (Å²) in [6.07, 6.45) is 1.45. The molecule has 8 nitrogen and oxygen atoms in total. The summed E-state index contributed by atoms with van der Waals surface area (Å²) >= 11 is 0. The van der Waals surface area contributed by atoms with E-state index in [1.807, 2.05) is 50.2 Å². The molecule has 0 aliphatic carbocycles. The van der Waals surface area contributed by atoms with Gasteiger partial charge in [0.1, 0.15) is 11.4 Å².